The van der Waals surface area contributed by atoms with E-state index in [0.29, 0.717) is 0 Å². The molecule has 1 heterocycles. The quantitative estimate of drug-likeness (QED) is 0.668. The Labute approximate surface area is 89.8 Å². The van der Waals surface area contributed by atoms with E-state index in [0.717, 1.165) is 12.8 Å². The van der Waals surface area contributed by atoms with Gasteiger partial charge in [0.25, 0.3) is 0 Å². The number of anilines is 1. The maximum absolute atomic E-state index is 3.48. The van der Waals surface area contributed by atoms with Crippen molar-refractivity contribution >= 4 is 5.69 Å². The molecule has 0 aromatic heterocycles. The van der Waals surface area contributed by atoms with E-state index in [1.54, 1.807) is 0 Å². The van der Waals surface area contributed by atoms with Gasteiger partial charge in [-0.25, -0.2) is 0 Å². The minimum absolute atomic E-state index is 1.00. The van der Waals surface area contributed by atoms with Crippen molar-refractivity contribution < 1.29 is 0 Å². The summed E-state index contributed by atoms with van der Waals surface area (Å²) in [5.41, 5.74) is 5.16. The first-order valence-electron chi connectivity index (χ1n) is 5.26. The van der Waals surface area contributed by atoms with Gasteiger partial charge in [0, 0.05) is 11.4 Å². The summed E-state index contributed by atoms with van der Waals surface area (Å²) in [6, 6.07) is 9.23. The van der Waals surface area contributed by atoms with Gasteiger partial charge >= 0.3 is 0 Å². The van der Waals surface area contributed by atoms with Gasteiger partial charge < -0.3 is 5.32 Å². The van der Waals surface area contributed by atoms with Crippen molar-refractivity contribution in [2.45, 2.75) is 12.8 Å². The standard InChI is InChI=1S/C14H12N/c1-3-7-13-11(5-1)9-10-12-6-2-4-8-14(12)15-13/h1,3-4,6-9,15H,5,10H2. The third-order valence-electron chi connectivity index (χ3n) is 2.87. The molecule has 0 atom stereocenters. The number of fused-ring (bicyclic) bond motifs is 2. The number of hydrogen-bond donors (Lipinski definition) is 1. The van der Waals surface area contributed by atoms with Gasteiger partial charge in [0.15, 0.2) is 0 Å². The number of hydrogen-bond acceptors (Lipinski definition) is 1. The predicted octanol–water partition coefficient (Wildman–Crippen LogP) is 3.22. The van der Waals surface area contributed by atoms with Crippen molar-refractivity contribution in [1.82, 2.24) is 0 Å². The van der Waals surface area contributed by atoms with Crippen molar-refractivity contribution in [3.63, 3.8) is 0 Å². The fraction of sp³-hybridized carbons (Fsp3) is 0.143. The van der Waals surface area contributed by atoms with Crippen LogP contribution in [0.25, 0.3) is 0 Å². The normalized spacial score (nSPS) is 17.9. The van der Waals surface area contributed by atoms with Crippen LogP contribution in [0.5, 0.6) is 0 Å². The largest absolute Gasteiger partial charge is 0.355 e. The van der Waals surface area contributed by atoms with Crippen LogP contribution in [0.4, 0.5) is 5.69 Å². The summed E-state index contributed by atoms with van der Waals surface area (Å²) in [6.45, 7) is 0. The highest BCUT2D eigenvalue weighted by Gasteiger charge is 2.12. The van der Waals surface area contributed by atoms with Crippen molar-refractivity contribution in [2.75, 3.05) is 5.32 Å². The summed E-state index contributed by atoms with van der Waals surface area (Å²) >= 11 is 0. The van der Waals surface area contributed by atoms with Crippen molar-refractivity contribution in [2.24, 2.45) is 0 Å². The Morgan fingerprint density at radius 1 is 1.27 bits per heavy atom. The summed E-state index contributed by atoms with van der Waals surface area (Å²) in [6.07, 6.45) is 10.8. The lowest BCUT2D eigenvalue weighted by molar-refractivity contribution is 1.17. The van der Waals surface area contributed by atoms with E-state index in [-0.39, 0.29) is 0 Å². The van der Waals surface area contributed by atoms with Gasteiger partial charge in [-0.15, -0.1) is 0 Å². The molecular weight excluding hydrogens is 182 g/mol. The molecule has 0 fully saturated rings. The van der Waals surface area contributed by atoms with Gasteiger partial charge in [-0.1, -0.05) is 24.3 Å². The van der Waals surface area contributed by atoms with Crippen molar-refractivity contribution in [1.29, 1.82) is 0 Å². The van der Waals surface area contributed by atoms with Crippen LogP contribution in [0.1, 0.15) is 12.0 Å². The second-order valence-corrected chi connectivity index (χ2v) is 3.85. The highest BCUT2D eigenvalue weighted by molar-refractivity contribution is 5.62. The molecule has 1 aliphatic carbocycles. The van der Waals surface area contributed by atoms with E-state index in [1.807, 2.05) is 6.07 Å². The summed E-state index contributed by atoms with van der Waals surface area (Å²) in [7, 11) is 0. The Bertz CT molecular complexity index is 478. The van der Waals surface area contributed by atoms with Gasteiger partial charge in [-0.2, -0.15) is 0 Å². The van der Waals surface area contributed by atoms with E-state index < -0.39 is 0 Å². The average molecular weight is 194 g/mol. The second-order valence-electron chi connectivity index (χ2n) is 3.85. The van der Waals surface area contributed by atoms with Crippen LogP contribution in [0.15, 0.2) is 53.8 Å². The predicted molar refractivity (Wildman–Crippen MR) is 62.5 cm³/mol. The fourth-order valence-corrected chi connectivity index (χ4v) is 2.03. The van der Waals surface area contributed by atoms with Crippen LogP contribution >= 0.6 is 0 Å². The van der Waals surface area contributed by atoms with Gasteiger partial charge in [0.05, 0.1) is 0 Å². The summed E-state index contributed by atoms with van der Waals surface area (Å²) < 4.78 is 0. The first-order chi connectivity index (χ1) is 7.43. The molecule has 0 saturated heterocycles. The molecule has 3 rings (SSSR count). The van der Waals surface area contributed by atoms with Crippen LogP contribution in [-0.2, 0) is 6.42 Å². The van der Waals surface area contributed by atoms with Gasteiger partial charge in [-0.3, -0.25) is 0 Å². The lowest BCUT2D eigenvalue weighted by Crippen LogP contribution is -2.03. The average Bonchev–Trinajstić information content (AvgIpc) is 2.48. The highest BCUT2D eigenvalue weighted by atomic mass is 14.9. The first-order valence-corrected chi connectivity index (χ1v) is 5.26. The Hall–Kier alpha value is -1.76. The number of nitrogens with one attached hydrogen (secondary N) is 1. The van der Waals surface area contributed by atoms with Gasteiger partial charge in [0.1, 0.15) is 0 Å². The molecule has 1 radical (unpaired) electrons. The van der Waals surface area contributed by atoms with Crippen LogP contribution in [-0.4, -0.2) is 0 Å². The fourth-order valence-electron chi connectivity index (χ4n) is 2.03. The summed E-state index contributed by atoms with van der Waals surface area (Å²) in [5, 5.41) is 3.48. The zero-order valence-corrected chi connectivity index (χ0v) is 8.46. The summed E-state index contributed by atoms with van der Waals surface area (Å²) in [5.74, 6) is 0. The molecule has 1 nitrogen and oxygen atoms in total. The van der Waals surface area contributed by atoms with Crippen LogP contribution in [0.3, 0.4) is 0 Å². The molecule has 0 unspecified atom stereocenters. The highest BCUT2D eigenvalue weighted by Crippen LogP contribution is 2.28. The zero-order chi connectivity index (χ0) is 10.1. The molecule has 1 N–H and O–H groups in total. The molecule has 0 spiro atoms. The van der Waals surface area contributed by atoms with E-state index >= 15 is 0 Å². The topological polar surface area (TPSA) is 12.0 Å². The molecule has 1 aliphatic heterocycles. The van der Waals surface area contributed by atoms with E-state index in [2.05, 4.69) is 47.8 Å². The first kappa shape index (κ1) is 8.54. The Morgan fingerprint density at radius 3 is 3.27 bits per heavy atom. The molecule has 1 aromatic rings. The maximum Gasteiger partial charge on any atom is 0.0420 e. The molecular formula is C14H12N. The molecule has 2 aliphatic rings. The number of benzene rings is 1. The lowest BCUT2D eigenvalue weighted by atomic mass is 10.0. The molecule has 0 saturated carbocycles. The maximum atomic E-state index is 3.48. The molecule has 15 heavy (non-hydrogen) atoms. The third kappa shape index (κ3) is 1.50. The van der Waals surface area contributed by atoms with Crippen LogP contribution in [0.2, 0.25) is 0 Å². The third-order valence-corrected chi connectivity index (χ3v) is 2.87. The van der Waals surface area contributed by atoms with Crippen LogP contribution < -0.4 is 5.32 Å². The molecule has 0 amide bonds. The zero-order valence-electron chi connectivity index (χ0n) is 8.46. The minimum atomic E-state index is 1.00. The minimum Gasteiger partial charge on any atom is -0.355 e. The Balaban J connectivity index is 2.07. The lowest BCUT2D eigenvalue weighted by Gasteiger charge is -2.14. The Morgan fingerprint density at radius 2 is 2.27 bits per heavy atom. The smallest absolute Gasteiger partial charge is 0.0420 e. The second kappa shape index (κ2) is 3.43. The number of rotatable bonds is 0. The number of allylic oxidation sites excluding steroid dienone is 5. The van der Waals surface area contributed by atoms with Crippen molar-refractivity contribution in [3.8, 4) is 0 Å². The Kier molecular flexibility index (Phi) is 1.95. The van der Waals surface area contributed by atoms with E-state index in [9.17, 15) is 0 Å². The van der Waals surface area contributed by atoms with Gasteiger partial charge in [-0.05, 0) is 48.3 Å². The summed E-state index contributed by atoms with van der Waals surface area (Å²) in [4.78, 5) is 0. The molecule has 0 bridgehead atoms. The van der Waals surface area contributed by atoms with Gasteiger partial charge in [0.2, 0.25) is 0 Å². The SMILES string of the molecule is [c]1ccc2c(c1)CC=C1CC=CC=C1N2. The van der Waals surface area contributed by atoms with E-state index in [4.69, 9.17) is 0 Å². The van der Waals surface area contributed by atoms with Crippen LogP contribution in [0, 0.1) is 6.07 Å². The monoisotopic (exact) mass is 194 g/mol. The molecule has 73 valence electrons. The van der Waals surface area contributed by atoms with Crippen molar-refractivity contribution in [3.05, 3.63) is 65.4 Å². The molecule has 1 heteroatoms. The molecule has 1 aromatic carbocycles. The van der Waals surface area contributed by atoms with E-state index in [1.165, 1.54) is 22.5 Å².